The fraction of sp³-hybridized carbons (Fsp3) is 0.158. The van der Waals surface area contributed by atoms with Crippen LogP contribution in [0.25, 0.3) is 0 Å². The van der Waals surface area contributed by atoms with Crippen LogP contribution in [0.15, 0.2) is 60.9 Å². The van der Waals surface area contributed by atoms with Crippen molar-refractivity contribution in [2.75, 3.05) is 12.4 Å². The molecule has 9 heteroatoms. The molecule has 144 valence electrons. The molecule has 3 aromatic rings. The minimum atomic E-state index is -0.510. The third-order valence-electron chi connectivity index (χ3n) is 4.30. The van der Waals surface area contributed by atoms with E-state index in [2.05, 4.69) is 10.3 Å². The molecule has 0 saturated heterocycles. The number of benzene rings is 2. The highest BCUT2D eigenvalue weighted by atomic mass is 35.5. The van der Waals surface area contributed by atoms with Crippen LogP contribution in [0.2, 0.25) is 5.02 Å². The fourth-order valence-electron chi connectivity index (χ4n) is 2.86. The Morgan fingerprint density at radius 3 is 2.61 bits per heavy atom. The van der Waals surface area contributed by atoms with Crippen molar-refractivity contribution in [2.45, 2.75) is 6.04 Å². The Kier molecular flexibility index (Phi) is 5.60. The summed E-state index contributed by atoms with van der Waals surface area (Å²) in [6.45, 7) is 0. The van der Waals surface area contributed by atoms with E-state index in [0.29, 0.717) is 16.5 Å². The highest BCUT2D eigenvalue weighted by molar-refractivity contribution is 6.30. The summed E-state index contributed by atoms with van der Waals surface area (Å²) in [5.74, 6) is 0.666. The first-order valence-electron chi connectivity index (χ1n) is 8.38. The van der Waals surface area contributed by atoms with Crippen LogP contribution >= 0.6 is 11.6 Å². The third-order valence-corrected chi connectivity index (χ3v) is 4.56. The van der Waals surface area contributed by atoms with Crippen LogP contribution in [-0.2, 0) is 7.05 Å². The molecule has 1 heterocycles. The highest BCUT2D eigenvalue weighted by Gasteiger charge is 2.27. The lowest BCUT2D eigenvalue weighted by atomic mass is 10.1. The molecule has 0 spiro atoms. The fourth-order valence-corrected chi connectivity index (χ4v) is 2.98. The number of halogens is 1. The van der Waals surface area contributed by atoms with Crippen molar-refractivity contribution < 1.29 is 9.72 Å². The van der Waals surface area contributed by atoms with E-state index in [1.807, 2.05) is 23.7 Å². The minimum absolute atomic E-state index is 0.0983. The van der Waals surface area contributed by atoms with E-state index < -0.39 is 17.0 Å². The van der Waals surface area contributed by atoms with Crippen LogP contribution in [0.1, 0.15) is 17.4 Å². The number of nitrogens with one attached hydrogen (secondary N) is 1. The zero-order chi connectivity index (χ0) is 20.3. The quantitative estimate of drug-likeness (QED) is 0.513. The van der Waals surface area contributed by atoms with E-state index in [0.717, 1.165) is 5.56 Å². The lowest BCUT2D eigenvalue weighted by Crippen LogP contribution is -2.36. The van der Waals surface area contributed by atoms with Crippen molar-refractivity contribution in [1.82, 2.24) is 14.5 Å². The third kappa shape index (κ3) is 4.12. The summed E-state index contributed by atoms with van der Waals surface area (Å²) in [6.07, 6.45) is 3.45. The second kappa shape index (κ2) is 8.10. The van der Waals surface area contributed by atoms with Gasteiger partial charge in [0.15, 0.2) is 0 Å². The number of hydrogen-bond acceptors (Lipinski definition) is 4. The van der Waals surface area contributed by atoms with E-state index >= 15 is 0 Å². The zero-order valence-electron chi connectivity index (χ0n) is 15.2. The molecule has 0 fully saturated rings. The van der Waals surface area contributed by atoms with Gasteiger partial charge in [-0.25, -0.2) is 9.78 Å². The van der Waals surface area contributed by atoms with Crippen LogP contribution in [0, 0.1) is 10.1 Å². The lowest BCUT2D eigenvalue weighted by molar-refractivity contribution is -0.384. The first kappa shape index (κ1) is 19.4. The number of aryl methyl sites for hydroxylation is 1. The first-order chi connectivity index (χ1) is 13.4. The molecule has 1 aromatic heterocycles. The van der Waals surface area contributed by atoms with E-state index in [4.69, 9.17) is 11.6 Å². The number of carbonyl (C=O) groups is 1. The Labute approximate surface area is 166 Å². The van der Waals surface area contributed by atoms with Crippen LogP contribution in [0.4, 0.5) is 16.2 Å². The topological polar surface area (TPSA) is 93.3 Å². The molecule has 0 unspecified atom stereocenters. The average molecular weight is 400 g/mol. The number of hydrogen-bond donors (Lipinski definition) is 1. The van der Waals surface area contributed by atoms with Crippen molar-refractivity contribution >= 4 is 29.0 Å². The van der Waals surface area contributed by atoms with Crippen LogP contribution in [0.5, 0.6) is 0 Å². The number of non-ortho nitro benzene ring substituents is 1. The van der Waals surface area contributed by atoms with Gasteiger partial charge >= 0.3 is 6.03 Å². The van der Waals surface area contributed by atoms with Gasteiger partial charge in [0.1, 0.15) is 11.9 Å². The molecule has 3 rings (SSSR count). The SMILES string of the molecule is CN(C(=O)Nc1cccc([N+](=O)[O-])c1)[C@H](c1ccc(Cl)cc1)c1nccn1C. The number of rotatable bonds is 5. The number of nitro benzene ring substituents is 1. The molecule has 0 aliphatic rings. The number of nitro groups is 1. The van der Waals surface area contributed by atoms with Gasteiger partial charge in [0.25, 0.3) is 5.69 Å². The summed E-state index contributed by atoms with van der Waals surface area (Å²) in [5, 5.41) is 14.2. The molecule has 0 bridgehead atoms. The van der Waals surface area contributed by atoms with Crippen molar-refractivity contribution in [3.8, 4) is 0 Å². The molecule has 0 saturated carbocycles. The Balaban J connectivity index is 1.90. The average Bonchev–Trinajstić information content (AvgIpc) is 3.09. The summed E-state index contributed by atoms with van der Waals surface area (Å²) < 4.78 is 1.83. The molecular formula is C19H18ClN5O3. The van der Waals surface area contributed by atoms with E-state index in [9.17, 15) is 14.9 Å². The Morgan fingerprint density at radius 2 is 2.00 bits per heavy atom. The normalized spacial score (nSPS) is 11.7. The number of nitrogens with zero attached hydrogens (tertiary/aromatic N) is 4. The standard InChI is InChI=1S/C19H18ClN5O3/c1-23-11-10-21-18(23)17(13-6-8-14(20)9-7-13)24(2)19(26)22-15-4-3-5-16(12-15)25(27)28/h3-12,17H,1-2H3,(H,22,26)/t17-/m1/s1. The van der Waals surface area contributed by atoms with Crippen molar-refractivity contribution in [3.05, 3.63) is 87.4 Å². The van der Waals surface area contributed by atoms with Crippen LogP contribution in [-0.4, -0.2) is 32.5 Å². The van der Waals surface area contributed by atoms with Gasteiger partial charge in [-0.1, -0.05) is 29.8 Å². The molecule has 1 N–H and O–H groups in total. The lowest BCUT2D eigenvalue weighted by Gasteiger charge is -2.28. The van der Waals surface area contributed by atoms with Gasteiger partial charge in [0.2, 0.25) is 0 Å². The Hall–Kier alpha value is -3.39. The van der Waals surface area contributed by atoms with Gasteiger partial charge in [0.05, 0.1) is 4.92 Å². The number of anilines is 1. The smallest absolute Gasteiger partial charge is 0.322 e. The molecular weight excluding hydrogens is 382 g/mol. The van der Waals surface area contributed by atoms with Crippen molar-refractivity contribution in [1.29, 1.82) is 0 Å². The monoisotopic (exact) mass is 399 g/mol. The predicted molar refractivity (Wildman–Crippen MR) is 106 cm³/mol. The molecule has 0 aliphatic carbocycles. The van der Waals surface area contributed by atoms with Gasteiger partial charge < -0.3 is 14.8 Å². The summed E-state index contributed by atoms with van der Waals surface area (Å²) in [5.41, 5.74) is 1.06. The van der Waals surface area contributed by atoms with Gasteiger partial charge in [-0.3, -0.25) is 10.1 Å². The minimum Gasteiger partial charge on any atom is -0.336 e. The molecule has 0 aliphatic heterocycles. The number of aromatic nitrogens is 2. The number of amides is 2. The zero-order valence-corrected chi connectivity index (χ0v) is 16.0. The summed E-state index contributed by atoms with van der Waals surface area (Å²) in [7, 11) is 3.48. The second-order valence-electron chi connectivity index (χ2n) is 6.20. The summed E-state index contributed by atoms with van der Waals surface area (Å²) in [4.78, 5) is 29.2. The van der Waals surface area contributed by atoms with Gasteiger partial charge in [0, 0.05) is 49.3 Å². The van der Waals surface area contributed by atoms with E-state index in [1.54, 1.807) is 37.6 Å². The van der Waals surface area contributed by atoms with E-state index in [-0.39, 0.29) is 5.69 Å². The maximum atomic E-state index is 12.9. The van der Waals surface area contributed by atoms with Crippen molar-refractivity contribution in [3.63, 3.8) is 0 Å². The number of urea groups is 1. The first-order valence-corrected chi connectivity index (χ1v) is 8.75. The maximum Gasteiger partial charge on any atom is 0.322 e. The molecule has 8 nitrogen and oxygen atoms in total. The van der Waals surface area contributed by atoms with Gasteiger partial charge in [-0.05, 0) is 23.8 Å². The predicted octanol–water partition coefficient (Wildman–Crippen LogP) is 4.24. The second-order valence-corrected chi connectivity index (χ2v) is 6.64. The number of carbonyl (C=O) groups excluding carboxylic acids is 1. The van der Waals surface area contributed by atoms with Crippen LogP contribution in [0.3, 0.4) is 0 Å². The van der Waals surface area contributed by atoms with Crippen LogP contribution < -0.4 is 5.32 Å². The molecule has 1 atom stereocenters. The molecule has 2 aromatic carbocycles. The molecule has 2 amide bonds. The summed E-state index contributed by atoms with van der Waals surface area (Å²) in [6, 6.07) is 12.0. The summed E-state index contributed by atoms with van der Waals surface area (Å²) >= 11 is 5.99. The maximum absolute atomic E-state index is 12.9. The largest absolute Gasteiger partial charge is 0.336 e. The van der Waals surface area contributed by atoms with Gasteiger partial charge in [-0.2, -0.15) is 0 Å². The van der Waals surface area contributed by atoms with Gasteiger partial charge in [-0.15, -0.1) is 0 Å². The molecule has 0 radical (unpaired) electrons. The Bertz CT molecular complexity index is 1000. The number of imidazole rings is 1. The highest BCUT2D eigenvalue weighted by Crippen LogP contribution is 2.28. The van der Waals surface area contributed by atoms with Crippen molar-refractivity contribution in [2.24, 2.45) is 7.05 Å². The Morgan fingerprint density at radius 1 is 1.29 bits per heavy atom. The van der Waals surface area contributed by atoms with E-state index in [1.165, 1.54) is 23.1 Å². The molecule has 28 heavy (non-hydrogen) atoms.